The zero-order valence-electron chi connectivity index (χ0n) is 20.2. The van der Waals surface area contributed by atoms with Crippen LogP contribution in [-0.4, -0.2) is 63.6 Å². The van der Waals surface area contributed by atoms with E-state index in [0.717, 1.165) is 43.6 Å². The van der Waals surface area contributed by atoms with Crippen LogP contribution in [-0.2, 0) is 4.79 Å². The van der Waals surface area contributed by atoms with Gasteiger partial charge in [0.15, 0.2) is 5.65 Å². The minimum atomic E-state index is -0.587. The summed E-state index contributed by atoms with van der Waals surface area (Å²) in [4.78, 5) is 41.3. The van der Waals surface area contributed by atoms with Crippen molar-refractivity contribution in [1.82, 2.24) is 24.4 Å². The average Bonchev–Trinajstić information content (AvgIpc) is 2.91. The van der Waals surface area contributed by atoms with Crippen LogP contribution in [0.2, 0.25) is 0 Å². The Hall–Kier alpha value is -4.64. The molecule has 3 heterocycles. The quantitative estimate of drug-likeness (QED) is 0.389. The number of halogens is 1. The molecule has 1 saturated heterocycles. The fraction of sp³-hybridized carbons (Fsp3) is 0.192. The lowest BCUT2D eigenvalue weighted by Gasteiger charge is -2.34. The molecular weight excluding hydrogens is 475 g/mol. The van der Waals surface area contributed by atoms with Crippen molar-refractivity contribution in [3.05, 3.63) is 83.8 Å². The third-order valence-electron chi connectivity index (χ3n) is 6.17. The Balaban J connectivity index is 1.46. The summed E-state index contributed by atoms with van der Waals surface area (Å²) in [5.41, 5.74) is 1.93. The fourth-order valence-electron chi connectivity index (χ4n) is 4.10. The summed E-state index contributed by atoms with van der Waals surface area (Å²) in [5, 5.41) is 5.86. The van der Waals surface area contributed by atoms with Gasteiger partial charge in [-0.3, -0.25) is 14.2 Å². The molecule has 0 atom stereocenters. The normalized spacial score (nSPS) is 13.9. The van der Waals surface area contributed by atoms with Gasteiger partial charge in [0, 0.05) is 49.4 Å². The highest BCUT2D eigenvalue weighted by molar-refractivity contribution is 5.99. The number of amides is 1. The van der Waals surface area contributed by atoms with E-state index in [-0.39, 0.29) is 22.7 Å². The van der Waals surface area contributed by atoms with Crippen molar-refractivity contribution in [2.75, 3.05) is 48.8 Å². The third kappa shape index (κ3) is 5.16. The Morgan fingerprint density at radius 1 is 1.05 bits per heavy atom. The number of nitrogens with zero attached hydrogens (tertiary/aromatic N) is 6. The predicted octanol–water partition coefficient (Wildman–Crippen LogP) is 2.93. The summed E-state index contributed by atoms with van der Waals surface area (Å²) in [6, 6.07) is 12.0. The van der Waals surface area contributed by atoms with Gasteiger partial charge in [-0.2, -0.15) is 9.97 Å². The molecule has 0 bridgehead atoms. The van der Waals surface area contributed by atoms with Crippen LogP contribution in [0.1, 0.15) is 0 Å². The van der Waals surface area contributed by atoms with Crippen molar-refractivity contribution >= 4 is 40.0 Å². The first-order valence-electron chi connectivity index (χ1n) is 11.7. The van der Waals surface area contributed by atoms with Crippen LogP contribution in [0.4, 0.5) is 27.4 Å². The summed E-state index contributed by atoms with van der Waals surface area (Å²) in [7, 11) is 2.12. The molecule has 1 aliphatic rings. The van der Waals surface area contributed by atoms with Gasteiger partial charge in [-0.1, -0.05) is 6.58 Å². The Labute approximate surface area is 212 Å². The van der Waals surface area contributed by atoms with Gasteiger partial charge < -0.3 is 20.4 Å². The number of likely N-dealkylation sites (N-methyl/N-ethyl adjacent to an activating group) is 1. The Morgan fingerprint density at radius 3 is 2.51 bits per heavy atom. The molecule has 188 valence electrons. The molecule has 1 amide bonds. The maximum absolute atomic E-state index is 14.8. The highest BCUT2D eigenvalue weighted by Gasteiger charge is 2.16. The van der Waals surface area contributed by atoms with Gasteiger partial charge >= 0.3 is 0 Å². The highest BCUT2D eigenvalue weighted by Crippen LogP contribution is 2.24. The molecular formula is C26H25FN8O2. The maximum atomic E-state index is 14.8. The van der Waals surface area contributed by atoms with Crippen LogP contribution in [0.15, 0.2) is 72.4 Å². The first-order chi connectivity index (χ1) is 17.9. The molecule has 5 rings (SSSR count). The second kappa shape index (κ2) is 10.2. The second-order valence-corrected chi connectivity index (χ2v) is 8.67. The molecule has 0 spiro atoms. The van der Waals surface area contributed by atoms with Gasteiger partial charge in [0.05, 0.1) is 5.69 Å². The number of nitrogens with one attached hydrogen (secondary N) is 2. The van der Waals surface area contributed by atoms with E-state index in [1.54, 1.807) is 0 Å². The van der Waals surface area contributed by atoms with Crippen molar-refractivity contribution < 1.29 is 9.18 Å². The van der Waals surface area contributed by atoms with E-state index < -0.39 is 17.3 Å². The number of anilines is 4. The molecule has 0 saturated carbocycles. The summed E-state index contributed by atoms with van der Waals surface area (Å²) < 4.78 is 16.2. The maximum Gasteiger partial charge on any atom is 0.283 e. The molecule has 0 aliphatic carbocycles. The first kappa shape index (κ1) is 24.1. The van der Waals surface area contributed by atoms with Crippen molar-refractivity contribution in [3.8, 4) is 5.69 Å². The van der Waals surface area contributed by atoms with Gasteiger partial charge in [0.1, 0.15) is 17.5 Å². The molecule has 2 N–H and O–H groups in total. The number of fused-ring (bicyclic) bond motifs is 1. The van der Waals surface area contributed by atoms with Crippen molar-refractivity contribution in [3.63, 3.8) is 0 Å². The second-order valence-electron chi connectivity index (χ2n) is 8.67. The number of rotatable bonds is 6. The number of hydrogen-bond acceptors (Lipinski definition) is 8. The standard InChI is InChI=1S/C26H25FN8O2/c1-3-23(36)30-18-6-9-21(27)22(14-18)35-16-29-25(37)20-15-28-26(32-24(20)35)31-17-4-7-19(8-5-17)34-12-10-33(2)11-13-34/h3-9,14-16H,1,10-13H2,2H3,(H,30,36)(H,28,31,32). The molecule has 11 heteroatoms. The Bertz CT molecular complexity index is 1530. The van der Waals surface area contributed by atoms with Crippen LogP contribution < -0.4 is 21.1 Å². The zero-order chi connectivity index (χ0) is 25.9. The van der Waals surface area contributed by atoms with E-state index in [1.165, 1.54) is 35.3 Å². The van der Waals surface area contributed by atoms with Crippen LogP contribution in [0.5, 0.6) is 0 Å². The van der Waals surface area contributed by atoms with Gasteiger partial charge in [0.25, 0.3) is 5.56 Å². The average molecular weight is 501 g/mol. The van der Waals surface area contributed by atoms with E-state index in [2.05, 4.69) is 49.0 Å². The topological polar surface area (TPSA) is 108 Å². The predicted molar refractivity (Wildman–Crippen MR) is 141 cm³/mol. The van der Waals surface area contributed by atoms with Gasteiger partial charge in [-0.05, 0) is 55.6 Å². The summed E-state index contributed by atoms with van der Waals surface area (Å²) in [5.74, 6) is -0.792. The zero-order valence-corrected chi connectivity index (χ0v) is 20.2. The molecule has 10 nitrogen and oxygen atoms in total. The van der Waals surface area contributed by atoms with Crippen molar-refractivity contribution in [2.24, 2.45) is 0 Å². The highest BCUT2D eigenvalue weighted by atomic mass is 19.1. The lowest BCUT2D eigenvalue weighted by Crippen LogP contribution is -2.44. The molecule has 4 aromatic rings. The molecule has 1 aliphatic heterocycles. The van der Waals surface area contributed by atoms with Crippen LogP contribution in [0.3, 0.4) is 0 Å². The molecule has 37 heavy (non-hydrogen) atoms. The van der Waals surface area contributed by atoms with Crippen LogP contribution in [0.25, 0.3) is 16.7 Å². The van der Waals surface area contributed by atoms with Gasteiger partial charge in [0.2, 0.25) is 11.9 Å². The number of carbonyl (C=O) groups excluding carboxylic acids is 1. The monoisotopic (exact) mass is 500 g/mol. The number of benzene rings is 2. The van der Waals surface area contributed by atoms with Crippen LogP contribution >= 0.6 is 0 Å². The van der Waals surface area contributed by atoms with Crippen molar-refractivity contribution in [2.45, 2.75) is 0 Å². The SMILES string of the molecule is C=CC(=O)Nc1ccc(F)c(-n2cnc(=O)c3cnc(Nc4ccc(N5CCN(C)CC5)cc4)nc32)c1. The summed E-state index contributed by atoms with van der Waals surface area (Å²) in [6.07, 6.45) is 3.67. The number of hydrogen-bond donors (Lipinski definition) is 2. The summed E-state index contributed by atoms with van der Waals surface area (Å²) in [6.45, 7) is 7.40. The smallest absolute Gasteiger partial charge is 0.283 e. The molecule has 0 radical (unpaired) electrons. The van der Waals surface area contributed by atoms with E-state index in [4.69, 9.17) is 0 Å². The minimum Gasteiger partial charge on any atom is -0.369 e. The van der Waals surface area contributed by atoms with Gasteiger partial charge in [-0.25, -0.2) is 9.37 Å². The fourth-order valence-corrected chi connectivity index (χ4v) is 4.10. The molecule has 2 aromatic carbocycles. The van der Waals surface area contributed by atoms with E-state index >= 15 is 0 Å². The lowest BCUT2D eigenvalue weighted by molar-refractivity contribution is -0.111. The minimum absolute atomic E-state index is 0.0561. The lowest BCUT2D eigenvalue weighted by atomic mass is 10.2. The Morgan fingerprint density at radius 2 is 1.78 bits per heavy atom. The largest absolute Gasteiger partial charge is 0.369 e. The van der Waals surface area contributed by atoms with E-state index in [0.29, 0.717) is 5.69 Å². The molecule has 2 aromatic heterocycles. The number of piperazine rings is 1. The number of aromatic nitrogens is 4. The van der Waals surface area contributed by atoms with E-state index in [1.807, 2.05) is 24.3 Å². The third-order valence-corrected chi connectivity index (χ3v) is 6.17. The summed E-state index contributed by atoms with van der Waals surface area (Å²) >= 11 is 0. The van der Waals surface area contributed by atoms with Gasteiger partial charge in [-0.15, -0.1) is 0 Å². The Kier molecular flexibility index (Phi) is 6.60. The number of carbonyl (C=O) groups is 1. The van der Waals surface area contributed by atoms with E-state index in [9.17, 15) is 14.0 Å². The molecule has 0 unspecified atom stereocenters. The van der Waals surface area contributed by atoms with Crippen molar-refractivity contribution in [1.29, 1.82) is 0 Å². The molecule has 1 fully saturated rings. The van der Waals surface area contributed by atoms with Crippen LogP contribution in [0, 0.1) is 5.82 Å². The first-order valence-corrected chi connectivity index (χ1v) is 11.7.